The van der Waals surface area contributed by atoms with Gasteiger partial charge in [-0.3, -0.25) is 4.79 Å². The highest BCUT2D eigenvalue weighted by Gasteiger charge is 2.16. The lowest BCUT2D eigenvalue weighted by Gasteiger charge is -2.13. The molecule has 1 aromatic heterocycles. The highest BCUT2D eigenvalue weighted by Crippen LogP contribution is 2.24. The lowest BCUT2D eigenvalue weighted by molar-refractivity contribution is -0.122. The van der Waals surface area contributed by atoms with Crippen molar-refractivity contribution in [1.82, 2.24) is 5.32 Å². The maximum atomic E-state index is 11.9. The first-order valence-corrected chi connectivity index (χ1v) is 6.99. The zero-order valence-corrected chi connectivity index (χ0v) is 13.5. The molecule has 0 unspecified atom stereocenters. The number of aryl methyl sites for hydroxylation is 1. The second-order valence-electron chi connectivity index (χ2n) is 5.60. The van der Waals surface area contributed by atoms with Gasteiger partial charge >= 0.3 is 0 Å². The van der Waals surface area contributed by atoms with E-state index in [1.54, 1.807) is 0 Å². The molecule has 3 N–H and O–H groups in total. The SMILES string of the molecule is Cc1c(CNC(=O)[C@@H](N)CC(C)C)oc2ccccc12.Cl. The standard InChI is InChI=1S/C16H22N2O2.ClH/c1-10(2)8-13(17)16(19)18-9-15-11(3)12-6-4-5-7-14(12)20-15;/h4-7,10,13H,8-9,17H2,1-3H3,(H,18,19);1H/t13-;/m0./s1. The fraction of sp³-hybridized carbons (Fsp3) is 0.438. The highest BCUT2D eigenvalue weighted by atomic mass is 35.5. The van der Waals surface area contributed by atoms with Gasteiger partial charge in [-0.25, -0.2) is 0 Å². The molecule has 4 nitrogen and oxygen atoms in total. The van der Waals surface area contributed by atoms with Crippen LogP contribution in [0.2, 0.25) is 0 Å². The molecule has 1 atom stereocenters. The summed E-state index contributed by atoms with van der Waals surface area (Å²) in [6.45, 7) is 6.49. The second-order valence-corrected chi connectivity index (χ2v) is 5.60. The maximum Gasteiger partial charge on any atom is 0.237 e. The zero-order valence-electron chi connectivity index (χ0n) is 12.7. The monoisotopic (exact) mass is 310 g/mol. The van der Waals surface area contributed by atoms with Crippen LogP contribution in [-0.4, -0.2) is 11.9 Å². The summed E-state index contributed by atoms with van der Waals surface area (Å²) in [6, 6.07) is 7.40. The van der Waals surface area contributed by atoms with Crippen molar-refractivity contribution in [2.45, 2.75) is 39.8 Å². The summed E-state index contributed by atoms with van der Waals surface area (Å²) in [6.07, 6.45) is 0.685. The van der Waals surface area contributed by atoms with Crippen LogP contribution >= 0.6 is 12.4 Å². The molecule has 0 aliphatic rings. The van der Waals surface area contributed by atoms with Crippen LogP contribution in [-0.2, 0) is 11.3 Å². The fourth-order valence-corrected chi connectivity index (χ4v) is 2.31. The van der Waals surface area contributed by atoms with Crippen LogP contribution in [0.1, 0.15) is 31.6 Å². The van der Waals surface area contributed by atoms with Crippen molar-refractivity contribution >= 4 is 29.3 Å². The minimum atomic E-state index is -0.459. The van der Waals surface area contributed by atoms with Crippen molar-refractivity contribution in [3.05, 3.63) is 35.6 Å². The van der Waals surface area contributed by atoms with Gasteiger partial charge in [0.25, 0.3) is 0 Å². The molecular weight excluding hydrogens is 288 g/mol. The molecule has 0 radical (unpaired) electrons. The van der Waals surface area contributed by atoms with Gasteiger partial charge in [0.2, 0.25) is 5.91 Å². The van der Waals surface area contributed by atoms with Gasteiger partial charge in [0.1, 0.15) is 11.3 Å². The third-order valence-corrected chi connectivity index (χ3v) is 3.43. The zero-order chi connectivity index (χ0) is 14.7. The lowest BCUT2D eigenvalue weighted by atomic mass is 10.0. The van der Waals surface area contributed by atoms with Gasteiger partial charge in [-0.1, -0.05) is 32.0 Å². The Hall–Kier alpha value is -1.52. The van der Waals surface area contributed by atoms with Gasteiger partial charge in [0, 0.05) is 10.9 Å². The first-order valence-electron chi connectivity index (χ1n) is 6.99. The molecule has 1 heterocycles. The summed E-state index contributed by atoms with van der Waals surface area (Å²) in [5.74, 6) is 1.07. The molecule has 1 aromatic carbocycles. The minimum Gasteiger partial charge on any atom is -0.459 e. The van der Waals surface area contributed by atoms with Crippen LogP contribution in [0.4, 0.5) is 0 Å². The van der Waals surface area contributed by atoms with E-state index in [4.69, 9.17) is 10.2 Å². The summed E-state index contributed by atoms with van der Waals surface area (Å²) in [5, 5.41) is 3.93. The number of nitrogens with two attached hydrogens (primary N) is 1. The predicted molar refractivity (Wildman–Crippen MR) is 87.5 cm³/mol. The van der Waals surface area contributed by atoms with Crippen molar-refractivity contribution in [3.8, 4) is 0 Å². The van der Waals surface area contributed by atoms with Gasteiger partial charge in [-0.05, 0) is 25.3 Å². The average Bonchev–Trinajstić information content (AvgIpc) is 2.72. The van der Waals surface area contributed by atoms with E-state index in [1.165, 1.54) is 0 Å². The van der Waals surface area contributed by atoms with Crippen molar-refractivity contribution in [3.63, 3.8) is 0 Å². The van der Waals surface area contributed by atoms with E-state index < -0.39 is 6.04 Å². The Labute approximate surface area is 131 Å². The third kappa shape index (κ3) is 4.22. The summed E-state index contributed by atoms with van der Waals surface area (Å²) in [5.41, 5.74) is 7.77. The van der Waals surface area contributed by atoms with Crippen molar-refractivity contribution in [1.29, 1.82) is 0 Å². The van der Waals surface area contributed by atoms with E-state index in [1.807, 2.05) is 31.2 Å². The molecule has 2 aromatic rings. The number of fused-ring (bicyclic) bond motifs is 1. The summed E-state index contributed by atoms with van der Waals surface area (Å²) >= 11 is 0. The molecule has 5 heteroatoms. The Kier molecular flexibility index (Phi) is 6.24. The first kappa shape index (κ1) is 17.5. The van der Waals surface area contributed by atoms with E-state index >= 15 is 0 Å². The third-order valence-electron chi connectivity index (χ3n) is 3.43. The number of para-hydroxylation sites is 1. The molecule has 0 bridgehead atoms. The van der Waals surface area contributed by atoms with Gasteiger partial charge in [0.15, 0.2) is 0 Å². The van der Waals surface area contributed by atoms with Gasteiger partial charge in [0.05, 0.1) is 12.6 Å². The maximum absolute atomic E-state index is 11.9. The molecule has 0 fully saturated rings. The van der Waals surface area contributed by atoms with E-state index in [2.05, 4.69) is 19.2 Å². The number of halogens is 1. The molecule has 21 heavy (non-hydrogen) atoms. The molecule has 116 valence electrons. The molecule has 0 saturated heterocycles. The summed E-state index contributed by atoms with van der Waals surface area (Å²) in [4.78, 5) is 11.9. The normalized spacial score (nSPS) is 12.2. The molecular formula is C16H23ClN2O2. The number of hydrogen-bond acceptors (Lipinski definition) is 3. The van der Waals surface area contributed by atoms with Crippen LogP contribution in [0.15, 0.2) is 28.7 Å². The quantitative estimate of drug-likeness (QED) is 0.891. The number of hydrogen-bond donors (Lipinski definition) is 2. The Morgan fingerprint density at radius 2 is 2.00 bits per heavy atom. The highest BCUT2D eigenvalue weighted by molar-refractivity contribution is 5.85. The Morgan fingerprint density at radius 3 is 2.62 bits per heavy atom. The molecule has 1 amide bonds. The number of carbonyl (C=O) groups excluding carboxylic acids is 1. The van der Waals surface area contributed by atoms with Crippen LogP contribution in [0.5, 0.6) is 0 Å². The van der Waals surface area contributed by atoms with Crippen molar-refractivity contribution < 1.29 is 9.21 Å². The molecule has 0 saturated carbocycles. The topological polar surface area (TPSA) is 68.3 Å². The molecule has 0 spiro atoms. The second kappa shape index (κ2) is 7.48. The average molecular weight is 311 g/mol. The first-order chi connectivity index (χ1) is 9.49. The summed E-state index contributed by atoms with van der Waals surface area (Å²) in [7, 11) is 0. The minimum absolute atomic E-state index is 0. The fourth-order valence-electron chi connectivity index (χ4n) is 2.31. The number of benzene rings is 1. The van der Waals surface area contributed by atoms with E-state index in [0.717, 1.165) is 22.3 Å². The smallest absolute Gasteiger partial charge is 0.237 e. The molecule has 0 aliphatic carbocycles. The van der Waals surface area contributed by atoms with Gasteiger partial charge in [-0.15, -0.1) is 12.4 Å². The Morgan fingerprint density at radius 1 is 1.33 bits per heavy atom. The number of amides is 1. The number of rotatable bonds is 5. The largest absolute Gasteiger partial charge is 0.459 e. The van der Waals surface area contributed by atoms with Gasteiger partial charge < -0.3 is 15.5 Å². The van der Waals surface area contributed by atoms with Crippen molar-refractivity contribution in [2.24, 2.45) is 11.7 Å². The lowest BCUT2D eigenvalue weighted by Crippen LogP contribution is -2.41. The van der Waals surface area contributed by atoms with E-state index in [0.29, 0.717) is 18.9 Å². The van der Waals surface area contributed by atoms with E-state index in [-0.39, 0.29) is 18.3 Å². The van der Waals surface area contributed by atoms with Gasteiger partial charge in [-0.2, -0.15) is 0 Å². The number of nitrogens with one attached hydrogen (secondary N) is 1. The predicted octanol–water partition coefficient (Wildman–Crippen LogP) is 3.15. The van der Waals surface area contributed by atoms with Crippen molar-refractivity contribution in [2.75, 3.05) is 0 Å². The van der Waals surface area contributed by atoms with Crippen LogP contribution in [0.3, 0.4) is 0 Å². The van der Waals surface area contributed by atoms with Crippen LogP contribution in [0.25, 0.3) is 11.0 Å². The van der Waals surface area contributed by atoms with Crippen LogP contribution < -0.4 is 11.1 Å². The Balaban J connectivity index is 0.00000220. The molecule has 2 rings (SSSR count). The van der Waals surface area contributed by atoms with Crippen LogP contribution in [0, 0.1) is 12.8 Å². The Bertz CT molecular complexity index is 607. The van der Waals surface area contributed by atoms with E-state index in [9.17, 15) is 4.79 Å². The number of carbonyl (C=O) groups is 1. The number of furan rings is 1. The summed E-state index contributed by atoms with van der Waals surface area (Å²) < 4.78 is 5.75. The molecule has 0 aliphatic heterocycles.